The fourth-order valence-corrected chi connectivity index (χ4v) is 1.39. The standard InChI is InChI=1S/C12H17N3/c1-4-5-6-7-11(13-3)12-14-8-10(2)9-15-12/h1,8-9,11,13H,5-7H2,2-3H3. The molecule has 3 heteroatoms. The Morgan fingerprint density at radius 1 is 1.47 bits per heavy atom. The van der Waals surface area contributed by atoms with Crippen molar-refractivity contribution in [3.8, 4) is 12.3 Å². The van der Waals surface area contributed by atoms with Crippen LogP contribution in [0.1, 0.15) is 36.7 Å². The summed E-state index contributed by atoms with van der Waals surface area (Å²) < 4.78 is 0. The van der Waals surface area contributed by atoms with Crippen LogP contribution in [0.3, 0.4) is 0 Å². The Morgan fingerprint density at radius 2 is 2.13 bits per heavy atom. The molecule has 3 nitrogen and oxygen atoms in total. The van der Waals surface area contributed by atoms with Crippen molar-refractivity contribution in [1.82, 2.24) is 15.3 Å². The van der Waals surface area contributed by atoms with Crippen molar-refractivity contribution in [3.05, 3.63) is 23.8 Å². The van der Waals surface area contributed by atoms with Gasteiger partial charge in [0.05, 0.1) is 6.04 Å². The fourth-order valence-electron chi connectivity index (χ4n) is 1.39. The van der Waals surface area contributed by atoms with E-state index in [-0.39, 0.29) is 6.04 Å². The van der Waals surface area contributed by atoms with Gasteiger partial charge in [-0.25, -0.2) is 9.97 Å². The molecule has 1 rings (SSSR count). The Kier molecular flexibility index (Phi) is 4.79. The third kappa shape index (κ3) is 3.69. The minimum atomic E-state index is 0.207. The summed E-state index contributed by atoms with van der Waals surface area (Å²) in [6.45, 7) is 1.98. The molecule has 15 heavy (non-hydrogen) atoms. The zero-order valence-corrected chi connectivity index (χ0v) is 9.33. The minimum Gasteiger partial charge on any atom is -0.310 e. The lowest BCUT2D eigenvalue weighted by atomic mass is 10.1. The molecule has 0 radical (unpaired) electrons. The summed E-state index contributed by atoms with van der Waals surface area (Å²) in [4.78, 5) is 8.61. The van der Waals surface area contributed by atoms with Crippen LogP contribution in [-0.2, 0) is 0 Å². The monoisotopic (exact) mass is 203 g/mol. The lowest BCUT2D eigenvalue weighted by Gasteiger charge is -2.13. The number of nitrogens with one attached hydrogen (secondary N) is 1. The second-order valence-corrected chi connectivity index (χ2v) is 3.56. The molecular formula is C12H17N3. The topological polar surface area (TPSA) is 37.8 Å². The summed E-state index contributed by atoms with van der Waals surface area (Å²) in [6, 6.07) is 0.207. The summed E-state index contributed by atoms with van der Waals surface area (Å²) >= 11 is 0. The third-order valence-electron chi connectivity index (χ3n) is 2.27. The molecule has 0 aliphatic rings. The molecule has 0 aliphatic heterocycles. The lowest BCUT2D eigenvalue weighted by molar-refractivity contribution is 0.505. The van der Waals surface area contributed by atoms with E-state index in [0.29, 0.717) is 0 Å². The number of nitrogens with zero attached hydrogens (tertiary/aromatic N) is 2. The van der Waals surface area contributed by atoms with Gasteiger partial charge in [0, 0.05) is 18.8 Å². The molecule has 0 aromatic carbocycles. The molecule has 0 spiro atoms. The molecule has 1 heterocycles. The van der Waals surface area contributed by atoms with E-state index in [1.807, 2.05) is 26.4 Å². The summed E-state index contributed by atoms with van der Waals surface area (Å²) in [5.41, 5.74) is 1.08. The highest BCUT2D eigenvalue weighted by Gasteiger charge is 2.10. The highest BCUT2D eigenvalue weighted by atomic mass is 15.0. The van der Waals surface area contributed by atoms with E-state index >= 15 is 0 Å². The van der Waals surface area contributed by atoms with Crippen molar-refractivity contribution in [3.63, 3.8) is 0 Å². The number of rotatable bonds is 5. The van der Waals surface area contributed by atoms with Gasteiger partial charge in [0.1, 0.15) is 5.82 Å². The molecule has 1 N–H and O–H groups in total. The van der Waals surface area contributed by atoms with Crippen molar-refractivity contribution in [2.24, 2.45) is 0 Å². The number of unbranched alkanes of at least 4 members (excludes halogenated alkanes) is 1. The van der Waals surface area contributed by atoms with Gasteiger partial charge in [-0.05, 0) is 32.4 Å². The van der Waals surface area contributed by atoms with Gasteiger partial charge in [-0.15, -0.1) is 12.3 Å². The maximum Gasteiger partial charge on any atom is 0.145 e. The summed E-state index contributed by atoms with van der Waals surface area (Å²) in [7, 11) is 1.92. The Morgan fingerprint density at radius 3 is 2.67 bits per heavy atom. The lowest BCUT2D eigenvalue weighted by Crippen LogP contribution is -2.18. The summed E-state index contributed by atoms with van der Waals surface area (Å²) in [5, 5.41) is 3.20. The number of hydrogen-bond acceptors (Lipinski definition) is 3. The first-order chi connectivity index (χ1) is 7.27. The van der Waals surface area contributed by atoms with Crippen LogP contribution in [0.2, 0.25) is 0 Å². The Balaban J connectivity index is 2.58. The highest BCUT2D eigenvalue weighted by Crippen LogP contribution is 2.14. The Hall–Kier alpha value is -1.40. The van der Waals surface area contributed by atoms with Crippen LogP contribution in [0.15, 0.2) is 12.4 Å². The van der Waals surface area contributed by atoms with Crippen LogP contribution < -0.4 is 5.32 Å². The molecule has 0 bridgehead atoms. The average Bonchev–Trinajstić information content (AvgIpc) is 2.26. The van der Waals surface area contributed by atoms with Gasteiger partial charge in [0.15, 0.2) is 0 Å². The third-order valence-corrected chi connectivity index (χ3v) is 2.27. The first-order valence-electron chi connectivity index (χ1n) is 5.17. The van der Waals surface area contributed by atoms with Gasteiger partial charge in [0.2, 0.25) is 0 Å². The molecule has 0 saturated carbocycles. The second-order valence-electron chi connectivity index (χ2n) is 3.56. The van der Waals surface area contributed by atoms with Crippen LogP contribution in [-0.4, -0.2) is 17.0 Å². The first kappa shape index (κ1) is 11.7. The van der Waals surface area contributed by atoms with Gasteiger partial charge in [-0.2, -0.15) is 0 Å². The molecule has 0 saturated heterocycles. The minimum absolute atomic E-state index is 0.207. The summed E-state index contributed by atoms with van der Waals surface area (Å²) in [6.07, 6.45) is 11.7. The van der Waals surface area contributed by atoms with E-state index in [4.69, 9.17) is 6.42 Å². The number of aryl methyl sites for hydroxylation is 1. The predicted molar refractivity (Wildman–Crippen MR) is 61.3 cm³/mol. The SMILES string of the molecule is C#CCCCC(NC)c1ncc(C)cn1. The molecule has 0 amide bonds. The Labute approximate surface area is 91.3 Å². The molecular weight excluding hydrogens is 186 g/mol. The van der Waals surface area contributed by atoms with E-state index in [2.05, 4.69) is 21.2 Å². The quantitative estimate of drug-likeness (QED) is 0.586. The average molecular weight is 203 g/mol. The van der Waals surface area contributed by atoms with E-state index < -0.39 is 0 Å². The molecule has 1 aromatic rings. The van der Waals surface area contributed by atoms with E-state index in [1.165, 1.54) is 0 Å². The van der Waals surface area contributed by atoms with Gasteiger partial charge >= 0.3 is 0 Å². The smallest absolute Gasteiger partial charge is 0.145 e. The van der Waals surface area contributed by atoms with Crippen molar-refractivity contribution in [1.29, 1.82) is 0 Å². The zero-order valence-electron chi connectivity index (χ0n) is 9.33. The van der Waals surface area contributed by atoms with Crippen LogP contribution in [0.25, 0.3) is 0 Å². The zero-order chi connectivity index (χ0) is 11.1. The van der Waals surface area contributed by atoms with E-state index in [0.717, 1.165) is 30.7 Å². The normalized spacial score (nSPS) is 12.1. The molecule has 1 aromatic heterocycles. The maximum atomic E-state index is 5.21. The molecule has 80 valence electrons. The van der Waals surface area contributed by atoms with Crippen molar-refractivity contribution >= 4 is 0 Å². The highest BCUT2D eigenvalue weighted by molar-refractivity contribution is 5.04. The predicted octanol–water partition coefficient (Wildman–Crippen LogP) is 1.85. The molecule has 1 atom stereocenters. The number of hydrogen-bond donors (Lipinski definition) is 1. The van der Waals surface area contributed by atoms with Crippen molar-refractivity contribution < 1.29 is 0 Å². The molecule has 0 fully saturated rings. The van der Waals surface area contributed by atoms with Gasteiger partial charge in [0.25, 0.3) is 0 Å². The Bertz CT molecular complexity index is 324. The summed E-state index contributed by atoms with van der Waals surface area (Å²) in [5.74, 6) is 3.49. The largest absolute Gasteiger partial charge is 0.310 e. The van der Waals surface area contributed by atoms with Crippen molar-refractivity contribution in [2.75, 3.05) is 7.05 Å². The fraction of sp³-hybridized carbons (Fsp3) is 0.500. The first-order valence-corrected chi connectivity index (χ1v) is 5.17. The van der Waals surface area contributed by atoms with Crippen molar-refractivity contribution in [2.45, 2.75) is 32.2 Å². The number of aromatic nitrogens is 2. The van der Waals surface area contributed by atoms with Crippen LogP contribution >= 0.6 is 0 Å². The van der Waals surface area contributed by atoms with E-state index in [9.17, 15) is 0 Å². The number of terminal acetylenes is 1. The van der Waals surface area contributed by atoms with Gasteiger partial charge < -0.3 is 5.32 Å². The van der Waals surface area contributed by atoms with Crippen LogP contribution in [0, 0.1) is 19.3 Å². The van der Waals surface area contributed by atoms with E-state index in [1.54, 1.807) is 0 Å². The van der Waals surface area contributed by atoms with Gasteiger partial charge in [-0.1, -0.05) is 0 Å². The van der Waals surface area contributed by atoms with Gasteiger partial charge in [-0.3, -0.25) is 0 Å². The molecule has 1 unspecified atom stereocenters. The molecule has 0 aliphatic carbocycles. The van der Waals surface area contributed by atoms with Crippen LogP contribution in [0.4, 0.5) is 0 Å². The second kappa shape index (κ2) is 6.15. The maximum absolute atomic E-state index is 5.21. The van der Waals surface area contributed by atoms with Crippen LogP contribution in [0.5, 0.6) is 0 Å².